The van der Waals surface area contributed by atoms with E-state index in [4.69, 9.17) is 0 Å². The molecule has 0 fully saturated rings. The molecule has 0 saturated heterocycles. The summed E-state index contributed by atoms with van der Waals surface area (Å²) in [7, 11) is 0. The monoisotopic (exact) mass is 275 g/mol. The molecule has 0 saturated carbocycles. The van der Waals surface area contributed by atoms with E-state index in [0.29, 0.717) is 0 Å². The first-order valence-electron chi connectivity index (χ1n) is 7.39. The van der Waals surface area contributed by atoms with Crippen LogP contribution in [0.4, 0.5) is 0 Å². The lowest BCUT2D eigenvalue weighted by Gasteiger charge is -2.09. The number of imidazole rings is 1. The van der Waals surface area contributed by atoms with Crippen LogP contribution in [0.1, 0.15) is 42.9 Å². The van der Waals surface area contributed by atoms with E-state index in [1.807, 2.05) is 12.5 Å². The fraction of sp³-hybridized carbons (Fsp3) is 0.600. The zero-order valence-corrected chi connectivity index (χ0v) is 13.0. The van der Waals surface area contributed by atoms with Gasteiger partial charge in [-0.05, 0) is 26.8 Å². The topological polar surface area (TPSA) is 47.7 Å². The number of hydrogen-bond acceptors (Lipinski definition) is 3. The molecule has 2 heterocycles. The number of aryl methyl sites for hydroxylation is 2. The number of nitrogens with zero attached hydrogens (tertiary/aromatic N) is 4. The van der Waals surface area contributed by atoms with E-state index in [-0.39, 0.29) is 0 Å². The van der Waals surface area contributed by atoms with Crippen molar-refractivity contribution in [3.05, 3.63) is 35.2 Å². The highest BCUT2D eigenvalue weighted by Gasteiger charge is 2.12. The third-order valence-corrected chi connectivity index (χ3v) is 3.66. The number of hydrogen-bond donors (Lipinski definition) is 1. The van der Waals surface area contributed by atoms with Gasteiger partial charge in [-0.3, -0.25) is 4.68 Å². The molecule has 0 aliphatic carbocycles. The Balaban J connectivity index is 2.19. The van der Waals surface area contributed by atoms with Crippen molar-refractivity contribution < 1.29 is 0 Å². The zero-order valence-electron chi connectivity index (χ0n) is 13.0. The van der Waals surface area contributed by atoms with Gasteiger partial charge in [-0.1, -0.05) is 13.8 Å². The van der Waals surface area contributed by atoms with E-state index in [0.717, 1.165) is 38.3 Å². The van der Waals surface area contributed by atoms with Crippen molar-refractivity contribution in [3.8, 4) is 0 Å². The fourth-order valence-electron chi connectivity index (χ4n) is 2.47. The Morgan fingerprint density at radius 1 is 1.25 bits per heavy atom. The van der Waals surface area contributed by atoms with Crippen molar-refractivity contribution in [3.63, 3.8) is 0 Å². The summed E-state index contributed by atoms with van der Waals surface area (Å²) >= 11 is 0. The van der Waals surface area contributed by atoms with Gasteiger partial charge in [0.25, 0.3) is 0 Å². The summed E-state index contributed by atoms with van der Waals surface area (Å²) in [6.07, 6.45) is 4.96. The molecular formula is C15H25N5. The first-order chi connectivity index (χ1) is 9.67. The Morgan fingerprint density at radius 2 is 2.05 bits per heavy atom. The molecule has 0 bridgehead atoms. The summed E-state index contributed by atoms with van der Waals surface area (Å²) in [5.74, 6) is 0. The van der Waals surface area contributed by atoms with E-state index in [2.05, 4.69) is 52.3 Å². The predicted molar refractivity (Wildman–Crippen MR) is 80.7 cm³/mol. The van der Waals surface area contributed by atoms with Gasteiger partial charge in [-0.25, -0.2) is 4.98 Å². The smallest absolute Gasteiger partial charge is 0.0948 e. The minimum absolute atomic E-state index is 0.790. The van der Waals surface area contributed by atoms with Crippen LogP contribution in [-0.4, -0.2) is 25.9 Å². The van der Waals surface area contributed by atoms with Crippen LogP contribution in [-0.2, 0) is 19.6 Å². The van der Waals surface area contributed by atoms with Gasteiger partial charge in [-0.2, -0.15) is 5.10 Å². The third-order valence-electron chi connectivity index (χ3n) is 3.66. The quantitative estimate of drug-likeness (QED) is 0.843. The van der Waals surface area contributed by atoms with Crippen LogP contribution in [0.2, 0.25) is 0 Å². The Bertz CT molecular complexity index is 553. The number of nitrogens with one attached hydrogen (secondary N) is 1. The van der Waals surface area contributed by atoms with Crippen molar-refractivity contribution >= 4 is 0 Å². The molecular weight excluding hydrogens is 250 g/mol. The molecule has 0 radical (unpaired) electrons. The Labute approximate surface area is 121 Å². The van der Waals surface area contributed by atoms with E-state index in [9.17, 15) is 0 Å². The van der Waals surface area contributed by atoms with Gasteiger partial charge >= 0.3 is 0 Å². The highest BCUT2D eigenvalue weighted by molar-refractivity contribution is 5.25. The lowest BCUT2D eigenvalue weighted by atomic mass is 10.2. The Kier molecular flexibility index (Phi) is 4.95. The molecule has 5 heteroatoms. The molecule has 0 atom stereocenters. The summed E-state index contributed by atoms with van der Waals surface area (Å²) in [6.45, 7) is 12.2. The fourth-order valence-corrected chi connectivity index (χ4v) is 2.47. The number of aromatic nitrogens is 4. The van der Waals surface area contributed by atoms with Crippen molar-refractivity contribution in [2.45, 2.75) is 53.8 Å². The van der Waals surface area contributed by atoms with Gasteiger partial charge in [0, 0.05) is 24.3 Å². The molecule has 0 amide bonds. The normalized spacial score (nSPS) is 11.2. The van der Waals surface area contributed by atoms with Crippen LogP contribution < -0.4 is 5.32 Å². The third kappa shape index (κ3) is 3.10. The van der Waals surface area contributed by atoms with E-state index in [1.165, 1.54) is 17.0 Å². The first kappa shape index (κ1) is 14.8. The summed E-state index contributed by atoms with van der Waals surface area (Å²) in [5, 5.41) is 8.05. The molecule has 0 spiro atoms. The first-order valence-corrected chi connectivity index (χ1v) is 7.39. The van der Waals surface area contributed by atoms with E-state index >= 15 is 0 Å². The maximum atomic E-state index is 4.67. The van der Waals surface area contributed by atoms with E-state index in [1.54, 1.807) is 0 Å². The second-order valence-corrected chi connectivity index (χ2v) is 5.17. The molecule has 0 aromatic carbocycles. The standard InChI is InChI=1S/C15H25N5/c1-5-7-19-11-17-8-14(19)10-20-13(4)15(9-16-6-2)12(3)18-20/h8,11,16H,5-7,9-10H2,1-4H3. The average Bonchev–Trinajstić information content (AvgIpc) is 2.96. The second kappa shape index (κ2) is 6.70. The molecule has 0 aliphatic rings. The van der Waals surface area contributed by atoms with Gasteiger partial charge in [0.05, 0.1) is 30.5 Å². The predicted octanol–water partition coefficient (Wildman–Crippen LogP) is 2.26. The summed E-state index contributed by atoms with van der Waals surface area (Å²) in [5.41, 5.74) is 4.89. The summed E-state index contributed by atoms with van der Waals surface area (Å²) in [4.78, 5) is 4.25. The number of rotatable bonds is 7. The molecule has 2 aromatic heterocycles. The molecule has 1 N–H and O–H groups in total. The van der Waals surface area contributed by atoms with Crippen LogP contribution >= 0.6 is 0 Å². The van der Waals surface area contributed by atoms with Crippen molar-refractivity contribution in [1.29, 1.82) is 0 Å². The molecule has 5 nitrogen and oxygen atoms in total. The van der Waals surface area contributed by atoms with Crippen LogP contribution in [0.5, 0.6) is 0 Å². The van der Waals surface area contributed by atoms with Gasteiger partial charge < -0.3 is 9.88 Å². The van der Waals surface area contributed by atoms with Crippen LogP contribution in [0.3, 0.4) is 0 Å². The largest absolute Gasteiger partial charge is 0.333 e. The summed E-state index contributed by atoms with van der Waals surface area (Å²) in [6, 6.07) is 0. The zero-order chi connectivity index (χ0) is 14.5. The highest BCUT2D eigenvalue weighted by atomic mass is 15.3. The molecule has 2 aromatic rings. The van der Waals surface area contributed by atoms with Gasteiger partial charge in [0.1, 0.15) is 0 Å². The van der Waals surface area contributed by atoms with Crippen LogP contribution in [0.15, 0.2) is 12.5 Å². The summed E-state index contributed by atoms with van der Waals surface area (Å²) < 4.78 is 4.30. The molecule has 0 unspecified atom stereocenters. The minimum Gasteiger partial charge on any atom is -0.333 e. The van der Waals surface area contributed by atoms with Crippen molar-refractivity contribution in [2.24, 2.45) is 0 Å². The molecule has 2 rings (SSSR count). The maximum Gasteiger partial charge on any atom is 0.0948 e. The Hall–Kier alpha value is -1.62. The molecule has 0 aliphatic heterocycles. The van der Waals surface area contributed by atoms with Crippen LogP contribution in [0, 0.1) is 13.8 Å². The lowest BCUT2D eigenvalue weighted by molar-refractivity contribution is 0.585. The second-order valence-electron chi connectivity index (χ2n) is 5.17. The average molecular weight is 275 g/mol. The van der Waals surface area contributed by atoms with Gasteiger partial charge in [-0.15, -0.1) is 0 Å². The Morgan fingerprint density at radius 3 is 2.75 bits per heavy atom. The van der Waals surface area contributed by atoms with Crippen molar-refractivity contribution in [2.75, 3.05) is 6.54 Å². The lowest BCUT2D eigenvalue weighted by Crippen LogP contribution is -2.13. The van der Waals surface area contributed by atoms with Crippen LogP contribution in [0.25, 0.3) is 0 Å². The van der Waals surface area contributed by atoms with Gasteiger partial charge in [0.15, 0.2) is 0 Å². The van der Waals surface area contributed by atoms with Crippen molar-refractivity contribution in [1.82, 2.24) is 24.6 Å². The SMILES string of the molecule is CCCn1cncc1Cn1nc(C)c(CNCC)c1C. The molecule has 20 heavy (non-hydrogen) atoms. The maximum absolute atomic E-state index is 4.67. The highest BCUT2D eigenvalue weighted by Crippen LogP contribution is 2.14. The van der Waals surface area contributed by atoms with Gasteiger partial charge in [0.2, 0.25) is 0 Å². The molecule has 110 valence electrons. The van der Waals surface area contributed by atoms with E-state index < -0.39 is 0 Å². The minimum atomic E-state index is 0.790.